The first-order chi connectivity index (χ1) is 12.0. The lowest BCUT2D eigenvalue weighted by atomic mass is 9.78. The Morgan fingerprint density at radius 2 is 2.16 bits per heavy atom. The highest BCUT2D eigenvalue weighted by atomic mass is 35.5. The number of aromatic nitrogens is 2. The molecule has 3 atom stereocenters. The Morgan fingerprint density at radius 1 is 1.36 bits per heavy atom. The predicted octanol–water partition coefficient (Wildman–Crippen LogP) is 3.71. The SMILES string of the molecule is C[C@H]1[C@H](C)CCC[C@@H]1NC(=O)COc1nc(-c2ccccc2Cl)no1. The Bertz CT molecular complexity index is 734. The molecular formula is C18H22ClN3O3. The van der Waals surface area contributed by atoms with Crippen molar-refractivity contribution in [1.29, 1.82) is 0 Å². The van der Waals surface area contributed by atoms with Crippen LogP contribution in [0.2, 0.25) is 5.02 Å². The molecule has 1 N–H and O–H groups in total. The second-order valence-corrected chi connectivity index (χ2v) is 7.00. The zero-order chi connectivity index (χ0) is 17.8. The van der Waals surface area contributed by atoms with Gasteiger partial charge in [-0.25, -0.2) is 0 Å². The van der Waals surface area contributed by atoms with E-state index in [0.29, 0.717) is 28.2 Å². The smallest absolute Gasteiger partial charge is 0.418 e. The second kappa shape index (κ2) is 7.87. The van der Waals surface area contributed by atoms with Crippen LogP contribution in [0.4, 0.5) is 0 Å². The average Bonchev–Trinajstić information content (AvgIpc) is 3.06. The lowest BCUT2D eigenvalue weighted by Gasteiger charge is -2.34. The molecule has 0 unspecified atom stereocenters. The van der Waals surface area contributed by atoms with Crippen LogP contribution in [0, 0.1) is 11.8 Å². The number of nitrogens with zero attached hydrogens (tertiary/aromatic N) is 2. The fraction of sp³-hybridized carbons (Fsp3) is 0.500. The number of benzene rings is 1. The summed E-state index contributed by atoms with van der Waals surface area (Å²) < 4.78 is 10.3. The maximum atomic E-state index is 12.1. The third-order valence-corrected chi connectivity index (χ3v) is 5.23. The second-order valence-electron chi connectivity index (χ2n) is 6.59. The third kappa shape index (κ3) is 4.31. The van der Waals surface area contributed by atoms with Gasteiger partial charge >= 0.3 is 6.08 Å². The van der Waals surface area contributed by atoms with Crippen molar-refractivity contribution in [3.8, 4) is 17.5 Å². The lowest BCUT2D eigenvalue weighted by Crippen LogP contribution is -2.45. The van der Waals surface area contributed by atoms with Gasteiger partial charge in [0.05, 0.1) is 5.02 Å². The molecule has 1 saturated carbocycles. The van der Waals surface area contributed by atoms with E-state index in [1.54, 1.807) is 12.1 Å². The van der Waals surface area contributed by atoms with Crippen LogP contribution in [0.25, 0.3) is 11.4 Å². The number of rotatable bonds is 5. The van der Waals surface area contributed by atoms with Crippen molar-refractivity contribution < 1.29 is 14.1 Å². The van der Waals surface area contributed by atoms with Crippen LogP contribution in [-0.2, 0) is 4.79 Å². The highest BCUT2D eigenvalue weighted by molar-refractivity contribution is 6.33. The number of hydrogen-bond acceptors (Lipinski definition) is 5. The number of halogens is 1. The number of hydrogen-bond donors (Lipinski definition) is 1. The standard InChI is InChI=1S/C18H22ClN3O3/c1-11-6-5-9-15(12(11)2)20-16(23)10-24-18-21-17(22-25-18)13-7-3-4-8-14(13)19/h3-4,7-8,11-12,15H,5-6,9-10H2,1-2H3,(H,20,23)/t11-,12+,15+/m1/s1. The van der Waals surface area contributed by atoms with E-state index in [2.05, 4.69) is 29.3 Å². The van der Waals surface area contributed by atoms with Gasteiger partial charge in [0.1, 0.15) is 0 Å². The Morgan fingerprint density at radius 3 is 2.96 bits per heavy atom. The van der Waals surface area contributed by atoms with E-state index >= 15 is 0 Å². The van der Waals surface area contributed by atoms with E-state index in [9.17, 15) is 4.79 Å². The van der Waals surface area contributed by atoms with Gasteiger partial charge in [-0.15, -0.1) is 0 Å². The first-order valence-electron chi connectivity index (χ1n) is 8.55. The van der Waals surface area contributed by atoms with E-state index in [4.69, 9.17) is 20.9 Å². The number of carbonyl (C=O) groups is 1. The van der Waals surface area contributed by atoms with Gasteiger partial charge in [-0.1, -0.05) is 55.6 Å². The van der Waals surface area contributed by atoms with Crippen molar-refractivity contribution in [2.45, 2.75) is 39.2 Å². The summed E-state index contributed by atoms with van der Waals surface area (Å²) in [4.78, 5) is 16.2. The van der Waals surface area contributed by atoms with Crippen molar-refractivity contribution in [3.05, 3.63) is 29.3 Å². The summed E-state index contributed by atoms with van der Waals surface area (Å²) >= 11 is 6.10. The van der Waals surface area contributed by atoms with Gasteiger partial charge in [-0.2, -0.15) is 4.98 Å². The van der Waals surface area contributed by atoms with Gasteiger partial charge in [0.15, 0.2) is 6.61 Å². The molecule has 1 heterocycles. The summed E-state index contributed by atoms with van der Waals surface area (Å²) in [6, 6.07) is 7.38. The molecule has 134 valence electrons. The third-order valence-electron chi connectivity index (χ3n) is 4.90. The summed E-state index contributed by atoms with van der Waals surface area (Å²) in [5, 5.41) is 7.40. The van der Waals surface area contributed by atoms with Crippen LogP contribution >= 0.6 is 11.6 Å². The van der Waals surface area contributed by atoms with Gasteiger partial charge in [0.2, 0.25) is 5.82 Å². The predicted molar refractivity (Wildman–Crippen MR) is 94.3 cm³/mol. The van der Waals surface area contributed by atoms with Crippen LogP contribution in [0.3, 0.4) is 0 Å². The topological polar surface area (TPSA) is 77.2 Å². The summed E-state index contributed by atoms with van der Waals surface area (Å²) in [5.41, 5.74) is 0.650. The summed E-state index contributed by atoms with van der Waals surface area (Å²) in [5.74, 6) is 1.24. The van der Waals surface area contributed by atoms with Crippen LogP contribution in [0.5, 0.6) is 6.08 Å². The van der Waals surface area contributed by atoms with Crippen molar-refractivity contribution in [2.24, 2.45) is 11.8 Å². The minimum absolute atomic E-state index is 0.0462. The molecule has 1 aliphatic carbocycles. The maximum absolute atomic E-state index is 12.1. The molecule has 2 aromatic rings. The first kappa shape index (κ1) is 17.7. The van der Waals surface area contributed by atoms with Gasteiger partial charge in [0, 0.05) is 11.6 Å². The number of carbonyl (C=O) groups excluding carboxylic acids is 1. The van der Waals surface area contributed by atoms with Crippen molar-refractivity contribution in [1.82, 2.24) is 15.5 Å². The molecule has 0 spiro atoms. The Balaban J connectivity index is 1.54. The normalized spacial score (nSPS) is 23.2. The van der Waals surface area contributed by atoms with Gasteiger partial charge in [-0.3, -0.25) is 9.32 Å². The minimum atomic E-state index is -0.177. The van der Waals surface area contributed by atoms with Crippen molar-refractivity contribution in [2.75, 3.05) is 6.61 Å². The fourth-order valence-corrected chi connectivity index (χ4v) is 3.40. The van der Waals surface area contributed by atoms with Gasteiger partial charge in [0.25, 0.3) is 5.91 Å². The Labute approximate surface area is 151 Å². The monoisotopic (exact) mass is 363 g/mol. The molecule has 0 radical (unpaired) electrons. The highest BCUT2D eigenvalue weighted by Gasteiger charge is 2.28. The maximum Gasteiger partial charge on any atom is 0.418 e. The van der Waals surface area contributed by atoms with Crippen LogP contribution < -0.4 is 10.1 Å². The van der Waals surface area contributed by atoms with Gasteiger partial charge in [-0.05, 0) is 30.4 Å². The zero-order valence-electron chi connectivity index (χ0n) is 14.4. The minimum Gasteiger partial charge on any atom is -0.439 e. The summed E-state index contributed by atoms with van der Waals surface area (Å²) in [6.45, 7) is 4.26. The molecule has 6 nitrogen and oxygen atoms in total. The number of nitrogens with one attached hydrogen (secondary N) is 1. The fourth-order valence-electron chi connectivity index (χ4n) is 3.18. The number of amides is 1. The lowest BCUT2D eigenvalue weighted by molar-refractivity contribution is -0.125. The summed E-state index contributed by atoms with van der Waals surface area (Å²) in [7, 11) is 0. The van der Waals surface area contributed by atoms with E-state index in [1.165, 1.54) is 6.42 Å². The Kier molecular flexibility index (Phi) is 5.58. The van der Waals surface area contributed by atoms with Crippen molar-refractivity contribution >= 4 is 17.5 Å². The quantitative estimate of drug-likeness (QED) is 0.876. The molecule has 0 saturated heterocycles. The molecule has 1 fully saturated rings. The molecule has 1 aromatic heterocycles. The number of ether oxygens (including phenoxy) is 1. The van der Waals surface area contributed by atoms with E-state index in [-0.39, 0.29) is 24.6 Å². The van der Waals surface area contributed by atoms with Crippen LogP contribution in [0.1, 0.15) is 33.1 Å². The van der Waals surface area contributed by atoms with Crippen molar-refractivity contribution in [3.63, 3.8) is 0 Å². The first-order valence-corrected chi connectivity index (χ1v) is 8.93. The molecule has 0 aliphatic heterocycles. The molecule has 1 aliphatic rings. The highest BCUT2D eigenvalue weighted by Crippen LogP contribution is 2.29. The zero-order valence-corrected chi connectivity index (χ0v) is 15.1. The largest absolute Gasteiger partial charge is 0.439 e. The van der Waals surface area contributed by atoms with E-state index < -0.39 is 0 Å². The molecule has 1 amide bonds. The molecule has 0 bridgehead atoms. The average molecular weight is 364 g/mol. The molecule has 3 rings (SSSR count). The molecule has 1 aromatic carbocycles. The Hall–Kier alpha value is -2.08. The van der Waals surface area contributed by atoms with Crippen LogP contribution in [0.15, 0.2) is 28.8 Å². The summed E-state index contributed by atoms with van der Waals surface area (Å²) in [6.07, 6.45) is 3.32. The van der Waals surface area contributed by atoms with E-state index in [0.717, 1.165) is 12.8 Å². The molecule has 7 heteroatoms. The molecule has 25 heavy (non-hydrogen) atoms. The van der Waals surface area contributed by atoms with Gasteiger partial charge < -0.3 is 10.1 Å². The molecular weight excluding hydrogens is 342 g/mol. The van der Waals surface area contributed by atoms with Crippen LogP contribution in [-0.4, -0.2) is 28.7 Å². The van der Waals surface area contributed by atoms with E-state index in [1.807, 2.05) is 12.1 Å².